The molecule has 1 aliphatic heterocycles. The van der Waals surface area contributed by atoms with Crippen molar-refractivity contribution in [3.63, 3.8) is 0 Å². The van der Waals surface area contributed by atoms with Crippen LogP contribution in [-0.2, 0) is 6.54 Å². The Morgan fingerprint density at radius 2 is 1.52 bits per heavy atom. The van der Waals surface area contributed by atoms with Gasteiger partial charge in [-0.15, -0.1) is 0 Å². The molecule has 0 N–H and O–H groups in total. The number of hydrogen-bond donors (Lipinski definition) is 0. The van der Waals surface area contributed by atoms with Gasteiger partial charge in [0.05, 0.1) is 11.1 Å². The first-order valence-electron chi connectivity index (χ1n) is 8.45. The molecule has 0 saturated carbocycles. The molecule has 1 aliphatic rings. The van der Waals surface area contributed by atoms with Crippen LogP contribution in [0.4, 0.5) is 0 Å². The maximum atomic E-state index is 12.3. The van der Waals surface area contributed by atoms with Crippen LogP contribution in [-0.4, -0.2) is 41.8 Å². The van der Waals surface area contributed by atoms with Gasteiger partial charge < -0.3 is 4.90 Å². The van der Waals surface area contributed by atoms with Crippen LogP contribution in [0.2, 0.25) is 0 Å². The van der Waals surface area contributed by atoms with Crippen molar-refractivity contribution in [2.75, 3.05) is 20.1 Å². The molecule has 0 bridgehead atoms. The smallest absolute Gasteiger partial charge is 0.261 e. The second-order valence-electron chi connectivity index (χ2n) is 6.34. The van der Waals surface area contributed by atoms with E-state index in [1.54, 1.807) is 24.3 Å². The molecule has 0 aliphatic carbocycles. The van der Waals surface area contributed by atoms with Gasteiger partial charge in [-0.2, -0.15) is 0 Å². The van der Waals surface area contributed by atoms with Crippen LogP contribution in [0.25, 0.3) is 0 Å². The van der Waals surface area contributed by atoms with E-state index in [0.29, 0.717) is 17.7 Å². The van der Waals surface area contributed by atoms with Crippen LogP contribution < -0.4 is 0 Å². The van der Waals surface area contributed by atoms with Gasteiger partial charge in [0, 0.05) is 17.6 Å². The van der Waals surface area contributed by atoms with Crippen molar-refractivity contribution in [3.8, 4) is 0 Å². The maximum absolute atomic E-state index is 12.3. The van der Waals surface area contributed by atoms with Crippen molar-refractivity contribution in [1.29, 1.82) is 0 Å². The fourth-order valence-corrected chi connectivity index (χ4v) is 3.50. The van der Waals surface area contributed by atoms with E-state index in [0.717, 1.165) is 30.4 Å². The Bertz CT molecular complexity index is 756. The lowest BCUT2D eigenvalue weighted by molar-refractivity contribution is 0.0650. The normalized spacial score (nSPS) is 13.6. The SMILES string of the molecule is CN(CCCCN1C(=O)c2ccccc2C1=O)Cc1ccccc1Br. The minimum Gasteiger partial charge on any atom is -0.302 e. The zero-order valence-electron chi connectivity index (χ0n) is 14.2. The lowest BCUT2D eigenvalue weighted by Crippen LogP contribution is -2.31. The zero-order valence-corrected chi connectivity index (χ0v) is 15.8. The second-order valence-corrected chi connectivity index (χ2v) is 7.20. The van der Waals surface area contributed by atoms with Gasteiger partial charge in [0.25, 0.3) is 11.8 Å². The fourth-order valence-electron chi connectivity index (χ4n) is 3.09. The third kappa shape index (κ3) is 3.99. The first-order chi connectivity index (χ1) is 12.1. The monoisotopic (exact) mass is 400 g/mol. The van der Waals surface area contributed by atoms with Crippen molar-refractivity contribution < 1.29 is 9.59 Å². The van der Waals surface area contributed by atoms with Gasteiger partial charge in [-0.3, -0.25) is 14.5 Å². The molecule has 5 heteroatoms. The first-order valence-corrected chi connectivity index (χ1v) is 9.24. The molecule has 130 valence electrons. The number of benzene rings is 2. The Morgan fingerprint density at radius 1 is 0.920 bits per heavy atom. The number of hydrogen-bond acceptors (Lipinski definition) is 3. The summed E-state index contributed by atoms with van der Waals surface area (Å²) in [5.41, 5.74) is 2.31. The van der Waals surface area contributed by atoms with E-state index >= 15 is 0 Å². The maximum Gasteiger partial charge on any atom is 0.261 e. The molecule has 4 nitrogen and oxygen atoms in total. The van der Waals surface area contributed by atoms with Crippen LogP contribution in [0, 0.1) is 0 Å². The molecule has 0 fully saturated rings. The van der Waals surface area contributed by atoms with Gasteiger partial charge in [0.1, 0.15) is 0 Å². The summed E-state index contributed by atoms with van der Waals surface area (Å²) in [6.07, 6.45) is 1.75. The predicted molar refractivity (Wildman–Crippen MR) is 102 cm³/mol. The number of fused-ring (bicyclic) bond motifs is 1. The van der Waals surface area contributed by atoms with Gasteiger partial charge >= 0.3 is 0 Å². The van der Waals surface area contributed by atoms with Crippen molar-refractivity contribution >= 4 is 27.7 Å². The molecular formula is C20H21BrN2O2. The molecule has 0 radical (unpaired) electrons. The van der Waals surface area contributed by atoms with Crippen LogP contribution in [0.5, 0.6) is 0 Å². The van der Waals surface area contributed by atoms with Crippen molar-refractivity contribution in [3.05, 3.63) is 69.7 Å². The number of nitrogens with zero attached hydrogens (tertiary/aromatic N) is 2. The fraction of sp³-hybridized carbons (Fsp3) is 0.300. The molecular weight excluding hydrogens is 380 g/mol. The zero-order chi connectivity index (χ0) is 17.8. The molecule has 0 spiro atoms. The molecule has 0 saturated heterocycles. The average molecular weight is 401 g/mol. The molecule has 25 heavy (non-hydrogen) atoms. The number of carbonyl (C=O) groups is 2. The topological polar surface area (TPSA) is 40.6 Å². The minimum atomic E-state index is -0.165. The third-order valence-corrected chi connectivity index (χ3v) is 5.22. The average Bonchev–Trinajstić information content (AvgIpc) is 2.86. The molecule has 2 amide bonds. The molecule has 3 rings (SSSR count). The van der Waals surface area contributed by atoms with Gasteiger partial charge in [-0.05, 0) is 50.2 Å². The van der Waals surface area contributed by atoms with Crippen LogP contribution in [0.1, 0.15) is 39.1 Å². The van der Waals surface area contributed by atoms with Crippen LogP contribution in [0.15, 0.2) is 53.0 Å². The van der Waals surface area contributed by atoms with Crippen LogP contribution in [0.3, 0.4) is 0 Å². The van der Waals surface area contributed by atoms with E-state index in [4.69, 9.17) is 0 Å². The van der Waals surface area contributed by atoms with E-state index in [9.17, 15) is 9.59 Å². The molecule has 0 unspecified atom stereocenters. The summed E-state index contributed by atoms with van der Waals surface area (Å²) in [6.45, 7) is 2.27. The summed E-state index contributed by atoms with van der Waals surface area (Å²) in [7, 11) is 2.08. The Kier molecular flexibility index (Phi) is 5.66. The van der Waals surface area contributed by atoms with Crippen molar-refractivity contribution in [2.45, 2.75) is 19.4 Å². The van der Waals surface area contributed by atoms with Gasteiger partial charge in [0.15, 0.2) is 0 Å². The molecule has 2 aromatic rings. The summed E-state index contributed by atoms with van der Waals surface area (Å²) in [5, 5.41) is 0. The van der Waals surface area contributed by atoms with Gasteiger partial charge in [-0.25, -0.2) is 0 Å². The molecule has 0 atom stereocenters. The Labute approximate surface area is 156 Å². The Balaban J connectivity index is 1.46. The summed E-state index contributed by atoms with van der Waals surface area (Å²) < 4.78 is 1.12. The van der Waals surface area contributed by atoms with E-state index in [-0.39, 0.29) is 11.8 Å². The lowest BCUT2D eigenvalue weighted by Gasteiger charge is -2.18. The van der Waals surface area contributed by atoms with Crippen LogP contribution >= 0.6 is 15.9 Å². The first kappa shape index (κ1) is 17.8. The number of carbonyl (C=O) groups excluding carboxylic acids is 2. The Morgan fingerprint density at radius 3 is 2.16 bits per heavy atom. The number of rotatable bonds is 7. The molecule has 1 heterocycles. The third-order valence-electron chi connectivity index (χ3n) is 4.45. The second kappa shape index (κ2) is 7.93. The Hall–Kier alpha value is -1.98. The number of amides is 2. The number of halogens is 1. The highest BCUT2D eigenvalue weighted by atomic mass is 79.9. The predicted octanol–water partition coefficient (Wildman–Crippen LogP) is 3.96. The lowest BCUT2D eigenvalue weighted by atomic mass is 10.1. The van der Waals surface area contributed by atoms with Gasteiger partial charge in [-0.1, -0.05) is 46.3 Å². The van der Waals surface area contributed by atoms with E-state index in [1.807, 2.05) is 18.2 Å². The van der Waals surface area contributed by atoms with E-state index in [2.05, 4.69) is 33.9 Å². The van der Waals surface area contributed by atoms with Gasteiger partial charge in [0.2, 0.25) is 0 Å². The highest BCUT2D eigenvalue weighted by molar-refractivity contribution is 9.10. The summed E-state index contributed by atoms with van der Waals surface area (Å²) in [4.78, 5) is 28.2. The largest absolute Gasteiger partial charge is 0.302 e. The molecule has 2 aromatic carbocycles. The number of unbranched alkanes of at least 4 members (excludes halogenated alkanes) is 1. The highest BCUT2D eigenvalue weighted by Gasteiger charge is 2.34. The minimum absolute atomic E-state index is 0.165. The summed E-state index contributed by atoms with van der Waals surface area (Å²) >= 11 is 3.57. The number of imide groups is 1. The summed E-state index contributed by atoms with van der Waals surface area (Å²) in [6, 6.07) is 15.2. The van der Waals surface area contributed by atoms with Crippen molar-refractivity contribution in [1.82, 2.24) is 9.80 Å². The van der Waals surface area contributed by atoms with E-state index in [1.165, 1.54) is 10.5 Å². The standard InChI is InChI=1S/C20H21BrN2O2/c1-22(14-15-8-2-5-11-18(15)21)12-6-7-13-23-19(24)16-9-3-4-10-17(16)20(23)25/h2-5,8-11H,6-7,12-14H2,1H3. The highest BCUT2D eigenvalue weighted by Crippen LogP contribution is 2.22. The molecule has 0 aromatic heterocycles. The van der Waals surface area contributed by atoms with E-state index < -0.39 is 0 Å². The van der Waals surface area contributed by atoms with Crippen molar-refractivity contribution in [2.24, 2.45) is 0 Å². The summed E-state index contributed by atoms with van der Waals surface area (Å²) in [5.74, 6) is -0.329. The quantitative estimate of drug-likeness (QED) is 0.521.